The van der Waals surface area contributed by atoms with E-state index >= 15 is 0 Å². The molecule has 0 saturated heterocycles. The summed E-state index contributed by atoms with van der Waals surface area (Å²) in [6.07, 6.45) is 3.51. The van der Waals surface area contributed by atoms with E-state index in [2.05, 4.69) is 5.10 Å². The molecule has 1 aromatic rings. The van der Waals surface area contributed by atoms with Gasteiger partial charge < -0.3 is 4.90 Å². The Morgan fingerprint density at radius 3 is 2.91 bits per heavy atom. The molecule has 1 heterocycles. The SMILES string of the molecule is CC(=O)N(C)Cn1cccn1. The number of aromatic nitrogens is 2. The van der Waals surface area contributed by atoms with Crippen LogP contribution >= 0.6 is 0 Å². The van der Waals surface area contributed by atoms with Gasteiger partial charge in [-0.2, -0.15) is 5.10 Å². The third-order valence-electron chi connectivity index (χ3n) is 1.45. The van der Waals surface area contributed by atoms with Gasteiger partial charge in [-0.1, -0.05) is 0 Å². The van der Waals surface area contributed by atoms with Crippen molar-refractivity contribution in [3.05, 3.63) is 18.5 Å². The Balaban J connectivity index is 2.50. The highest BCUT2D eigenvalue weighted by Gasteiger charge is 2.00. The normalized spacial score (nSPS) is 9.64. The Hall–Kier alpha value is -1.32. The van der Waals surface area contributed by atoms with E-state index in [4.69, 9.17) is 0 Å². The first kappa shape index (κ1) is 7.78. The first-order valence-corrected chi connectivity index (χ1v) is 3.39. The topological polar surface area (TPSA) is 38.1 Å². The van der Waals surface area contributed by atoms with E-state index in [1.165, 1.54) is 6.92 Å². The Labute approximate surface area is 65.4 Å². The standard InChI is InChI=1S/C7H11N3O/c1-7(11)9(2)6-10-5-3-4-8-10/h3-5H,6H2,1-2H3. The van der Waals surface area contributed by atoms with Gasteiger partial charge in [0, 0.05) is 26.4 Å². The van der Waals surface area contributed by atoms with Crippen LogP contribution in [0.1, 0.15) is 6.92 Å². The smallest absolute Gasteiger partial charge is 0.220 e. The zero-order valence-electron chi connectivity index (χ0n) is 6.69. The summed E-state index contributed by atoms with van der Waals surface area (Å²) in [6, 6.07) is 1.83. The molecule has 1 aromatic heterocycles. The van der Waals surface area contributed by atoms with Crippen LogP contribution in [0.15, 0.2) is 18.5 Å². The molecule has 4 nitrogen and oxygen atoms in total. The van der Waals surface area contributed by atoms with Crippen LogP contribution in [-0.2, 0) is 11.5 Å². The van der Waals surface area contributed by atoms with Gasteiger partial charge in [-0.3, -0.25) is 9.48 Å². The molecule has 1 rings (SSSR count). The second kappa shape index (κ2) is 3.18. The summed E-state index contributed by atoms with van der Waals surface area (Å²) >= 11 is 0. The van der Waals surface area contributed by atoms with Gasteiger partial charge in [-0.15, -0.1) is 0 Å². The van der Waals surface area contributed by atoms with Crippen LogP contribution in [0, 0.1) is 0 Å². The van der Waals surface area contributed by atoms with Gasteiger partial charge in [0.05, 0.1) is 0 Å². The lowest BCUT2D eigenvalue weighted by molar-refractivity contribution is -0.129. The lowest BCUT2D eigenvalue weighted by Gasteiger charge is -2.13. The number of amides is 1. The van der Waals surface area contributed by atoms with E-state index in [0.717, 1.165) is 0 Å². The summed E-state index contributed by atoms with van der Waals surface area (Å²) in [5, 5.41) is 3.96. The summed E-state index contributed by atoms with van der Waals surface area (Å²) < 4.78 is 1.70. The molecular weight excluding hydrogens is 142 g/mol. The second-order valence-electron chi connectivity index (χ2n) is 2.40. The molecule has 0 aliphatic heterocycles. The molecule has 0 N–H and O–H groups in total. The van der Waals surface area contributed by atoms with Crippen molar-refractivity contribution in [2.24, 2.45) is 0 Å². The number of hydrogen-bond donors (Lipinski definition) is 0. The minimum atomic E-state index is 0.0421. The van der Waals surface area contributed by atoms with Gasteiger partial charge in [0.1, 0.15) is 6.67 Å². The van der Waals surface area contributed by atoms with Crippen molar-refractivity contribution in [2.75, 3.05) is 7.05 Å². The summed E-state index contributed by atoms with van der Waals surface area (Å²) in [5.41, 5.74) is 0. The molecule has 0 aliphatic carbocycles. The number of carbonyl (C=O) groups excluding carboxylic acids is 1. The molecule has 0 spiro atoms. The highest BCUT2D eigenvalue weighted by Crippen LogP contribution is 1.89. The monoisotopic (exact) mass is 153 g/mol. The summed E-state index contributed by atoms with van der Waals surface area (Å²) in [6.45, 7) is 2.05. The van der Waals surface area contributed by atoms with Crippen molar-refractivity contribution in [1.82, 2.24) is 14.7 Å². The molecule has 11 heavy (non-hydrogen) atoms. The number of hydrogen-bond acceptors (Lipinski definition) is 2. The van der Waals surface area contributed by atoms with Gasteiger partial charge in [0.25, 0.3) is 0 Å². The molecule has 0 aliphatic rings. The van der Waals surface area contributed by atoms with Crippen LogP contribution < -0.4 is 0 Å². The predicted molar refractivity (Wildman–Crippen MR) is 40.7 cm³/mol. The minimum absolute atomic E-state index is 0.0421. The second-order valence-corrected chi connectivity index (χ2v) is 2.40. The van der Waals surface area contributed by atoms with Crippen molar-refractivity contribution < 1.29 is 4.79 Å². The summed E-state index contributed by atoms with van der Waals surface area (Å²) in [7, 11) is 1.74. The Morgan fingerprint density at radius 1 is 1.73 bits per heavy atom. The summed E-state index contributed by atoms with van der Waals surface area (Å²) in [5.74, 6) is 0.0421. The molecule has 0 aromatic carbocycles. The van der Waals surface area contributed by atoms with Crippen LogP contribution in [0.2, 0.25) is 0 Å². The molecule has 0 bridgehead atoms. The third-order valence-corrected chi connectivity index (χ3v) is 1.45. The van der Waals surface area contributed by atoms with Crippen LogP contribution in [0.25, 0.3) is 0 Å². The average Bonchev–Trinajstić information content (AvgIpc) is 2.39. The fraction of sp³-hybridized carbons (Fsp3) is 0.429. The van der Waals surface area contributed by atoms with Crippen LogP contribution in [-0.4, -0.2) is 27.6 Å². The van der Waals surface area contributed by atoms with Crippen molar-refractivity contribution in [1.29, 1.82) is 0 Å². The molecule has 4 heteroatoms. The van der Waals surface area contributed by atoms with Gasteiger partial charge in [-0.05, 0) is 6.07 Å². The fourth-order valence-electron chi connectivity index (χ4n) is 0.701. The third kappa shape index (κ3) is 2.07. The Kier molecular flexibility index (Phi) is 2.25. The molecule has 0 saturated carbocycles. The maximum absolute atomic E-state index is 10.8. The van der Waals surface area contributed by atoms with E-state index in [-0.39, 0.29) is 5.91 Å². The molecule has 60 valence electrons. The molecule has 0 atom stereocenters. The minimum Gasteiger partial charge on any atom is -0.326 e. The van der Waals surface area contributed by atoms with E-state index in [0.29, 0.717) is 6.67 Å². The highest BCUT2D eigenvalue weighted by molar-refractivity contribution is 5.72. The lowest BCUT2D eigenvalue weighted by atomic mass is 10.6. The van der Waals surface area contributed by atoms with Crippen molar-refractivity contribution >= 4 is 5.91 Å². The van der Waals surface area contributed by atoms with E-state index < -0.39 is 0 Å². The molecule has 0 unspecified atom stereocenters. The number of carbonyl (C=O) groups is 1. The van der Waals surface area contributed by atoms with Crippen molar-refractivity contribution in [3.63, 3.8) is 0 Å². The quantitative estimate of drug-likeness (QED) is 0.613. The predicted octanol–water partition coefficient (Wildman–Crippen LogP) is 0.319. The average molecular weight is 153 g/mol. The fourth-order valence-corrected chi connectivity index (χ4v) is 0.701. The van der Waals surface area contributed by atoms with Crippen LogP contribution in [0.5, 0.6) is 0 Å². The van der Waals surface area contributed by atoms with Crippen LogP contribution in [0.3, 0.4) is 0 Å². The molecule has 1 amide bonds. The Morgan fingerprint density at radius 2 is 2.45 bits per heavy atom. The lowest BCUT2D eigenvalue weighted by Crippen LogP contribution is -2.26. The zero-order valence-corrected chi connectivity index (χ0v) is 6.69. The van der Waals surface area contributed by atoms with E-state index in [1.54, 1.807) is 22.8 Å². The number of rotatable bonds is 2. The van der Waals surface area contributed by atoms with Crippen molar-refractivity contribution in [2.45, 2.75) is 13.6 Å². The van der Waals surface area contributed by atoms with Gasteiger partial charge in [0.2, 0.25) is 5.91 Å². The highest BCUT2D eigenvalue weighted by atomic mass is 16.2. The first-order chi connectivity index (χ1) is 5.20. The van der Waals surface area contributed by atoms with E-state index in [1.807, 2.05) is 12.3 Å². The van der Waals surface area contributed by atoms with Crippen LogP contribution in [0.4, 0.5) is 0 Å². The largest absolute Gasteiger partial charge is 0.326 e. The molecular formula is C7H11N3O. The van der Waals surface area contributed by atoms with E-state index in [9.17, 15) is 4.79 Å². The first-order valence-electron chi connectivity index (χ1n) is 3.39. The zero-order chi connectivity index (χ0) is 8.27. The van der Waals surface area contributed by atoms with Gasteiger partial charge >= 0.3 is 0 Å². The van der Waals surface area contributed by atoms with Gasteiger partial charge in [-0.25, -0.2) is 0 Å². The van der Waals surface area contributed by atoms with Gasteiger partial charge in [0.15, 0.2) is 0 Å². The molecule has 0 radical (unpaired) electrons. The number of nitrogens with zero attached hydrogens (tertiary/aromatic N) is 3. The maximum atomic E-state index is 10.8. The van der Waals surface area contributed by atoms with Crippen molar-refractivity contribution in [3.8, 4) is 0 Å². The maximum Gasteiger partial charge on any atom is 0.220 e. The Bertz CT molecular complexity index is 230. The summed E-state index contributed by atoms with van der Waals surface area (Å²) in [4.78, 5) is 12.3. The molecule has 0 fully saturated rings.